The molecule has 0 aliphatic carbocycles. The van der Waals surface area contributed by atoms with E-state index >= 15 is 0 Å². The highest BCUT2D eigenvalue weighted by Gasteiger charge is 2.38. The molecule has 1 amide bonds. The van der Waals surface area contributed by atoms with Crippen molar-refractivity contribution < 1.29 is 14.3 Å². The summed E-state index contributed by atoms with van der Waals surface area (Å²) < 4.78 is 7.64. The van der Waals surface area contributed by atoms with Crippen LogP contribution in [0.4, 0.5) is 11.4 Å². The Labute approximate surface area is 219 Å². The first-order valence-electron chi connectivity index (χ1n) is 12.9. The molecule has 1 atom stereocenters. The zero-order chi connectivity index (χ0) is 26.8. The zero-order valence-electron chi connectivity index (χ0n) is 21.7. The van der Waals surface area contributed by atoms with E-state index < -0.39 is 6.10 Å². The van der Waals surface area contributed by atoms with Crippen LogP contribution in [-0.4, -0.2) is 46.3 Å². The lowest BCUT2D eigenvalue weighted by molar-refractivity contribution is -0.117. The first-order chi connectivity index (χ1) is 18.2. The zero-order valence-corrected chi connectivity index (χ0v) is 21.7. The molecule has 0 radical (unpaired) electrons. The molecule has 4 aromatic rings. The second-order valence-corrected chi connectivity index (χ2v) is 10.8. The van der Waals surface area contributed by atoms with Crippen molar-refractivity contribution in [2.45, 2.75) is 44.6 Å². The van der Waals surface area contributed by atoms with Crippen LogP contribution in [0.15, 0.2) is 45.6 Å². The van der Waals surface area contributed by atoms with E-state index in [-0.39, 0.29) is 35.4 Å². The number of hydrogen-bond acceptors (Lipinski definition) is 7. The maximum absolute atomic E-state index is 13.2. The minimum atomic E-state index is -0.706. The van der Waals surface area contributed by atoms with E-state index in [1.54, 1.807) is 18.0 Å². The topological polar surface area (TPSA) is 116 Å². The number of β-amino-alcohol motifs (C(OH)–C–C–N with tert-alkyl or cyclic N) is 1. The van der Waals surface area contributed by atoms with E-state index in [2.05, 4.69) is 17.9 Å². The number of pyridine rings is 1. The number of piperidine rings is 1. The van der Waals surface area contributed by atoms with E-state index in [9.17, 15) is 20.0 Å². The summed E-state index contributed by atoms with van der Waals surface area (Å²) in [5.74, 6) is 0.562. The van der Waals surface area contributed by atoms with Gasteiger partial charge < -0.3 is 23.9 Å². The summed E-state index contributed by atoms with van der Waals surface area (Å²) in [4.78, 5) is 34.1. The van der Waals surface area contributed by atoms with E-state index in [0.29, 0.717) is 35.9 Å². The molecule has 1 N–H and O–H groups in total. The Kier molecular flexibility index (Phi) is 5.54. The molecule has 2 aromatic heterocycles. The number of carbonyl (C=O) groups excluding carboxylic acids is 1. The normalized spacial score (nSPS) is 19.4. The molecule has 6 rings (SSSR count). The number of anilines is 2. The van der Waals surface area contributed by atoms with Crippen molar-refractivity contribution in [1.29, 1.82) is 5.26 Å². The van der Waals surface area contributed by atoms with Gasteiger partial charge in [0.1, 0.15) is 17.1 Å². The monoisotopic (exact) mass is 511 g/mol. The summed E-state index contributed by atoms with van der Waals surface area (Å²) in [5, 5.41) is 20.8. The van der Waals surface area contributed by atoms with Crippen LogP contribution in [0.3, 0.4) is 0 Å². The first kappa shape index (κ1) is 24.2. The van der Waals surface area contributed by atoms with Gasteiger partial charge in [-0.3, -0.25) is 9.59 Å². The van der Waals surface area contributed by atoms with Gasteiger partial charge in [-0.05, 0) is 55.7 Å². The van der Waals surface area contributed by atoms with Gasteiger partial charge in [0.25, 0.3) is 5.56 Å². The largest absolute Gasteiger partial charge is 0.440 e. The molecule has 2 saturated heterocycles. The summed E-state index contributed by atoms with van der Waals surface area (Å²) in [6, 6.07) is 13.6. The number of nitriles is 1. The smallest absolute Gasteiger partial charge is 0.270 e. The number of aryl methyl sites for hydroxylation is 2. The third kappa shape index (κ3) is 3.75. The Bertz CT molecular complexity index is 1700. The van der Waals surface area contributed by atoms with Crippen LogP contribution in [0.5, 0.6) is 0 Å². The Hall–Kier alpha value is -4.16. The van der Waals surface area contributed by atoms with Crippen molar-refractivity contribution in [3.8, 4) is 6.07 Å². The number of amides is 1. The lowest BCUT2D eigenvalue weighted by atomic mass is 9.80. The number of aliphatic hydroxyl groups excluding tert-OH is 1. The molecular formula is C29H29N5O4. The predicted molar refractivity (Wildman–Crippen MR) is 144 cm³/mol. The van der Waals surface area contributed by atoms with Gasteiger partial charge in [-0.1, -0.05) is 13.0 Å². The van der Waals surface area contributed by atoms with Crippen LogP contribution < -0.4 is 15.4 Å². The molecule has 4 heterocycles. The van der Waals surface area contributed by atoms with Gasteiger partial charge >= 0.3 is 0 Å². The summed E-state index contributed by atoms with van der Waals surface area (Å²) in [6.45, 7) is 5.62. The lowest BCUT2D eigenvalue weighted by Gasteiger charge is -2.39. The highest BCUT2D eigenvalue weighted by atomic mass is 16.3. The molecular weight excluding hydrogens is 482 g/mol. The van der Waals surface area contributed by atoms with Crippen LogP contribution in [0, 0.1) is 18.3 Å². The van der Waals surface area contributed by atoms with Crippen molar-refractivity contribution >= 4 is 39.3 Å². The summed E-state index contributed by atoms with van der Waals surface area (Å²) in [6.07, 6.45) is 0.846. The predicted octanol–water partition coefficient (Wildman–Crippen LogP) is 3.52. The van der Waals surface area contributed by atoms with Crippen molar-refractivity contribution in [2.75, 3.05) is 29.4 Å². The van der Waals surface area contributed by atoms with Gasteiger partial charge in [-0.15, -0.1) is 0 Å². The molecule has 38 heavy (non-hydrogen) atoms. The number of aliphatic hydroxyl groups is 1. The average molecular weight is 512 g/mol. The highest BCUT2D eigenvalue weighted by Crippen LogP contribution is 2.40. The van der Waals surface area contributed by atoms with Crippen LogP contribution in [0.2, 0.25) is 0 Å². The summed E-state index contributed by atoms with van der Waals surface area (Å²) in [7, 11) is 1.65. The fourth-order valence-electron chi connectivity index (χ4n) is 5.79. The maximum atomic E-state index is 13.2. The second-order valence-electron chi connectivity index (χ2n) is 10.8. The SMILES string of the molecule is Cc1ccc2oc(C3(C)CCN(c4c(C#N)c(=O)n(C)c5ccc(N6C[C@H](O)CC6=O)cc45)CC3)nc2c1. The molecule has 0 saturated carbocycles. The minimum absolute atomic E-state index is 0.0850. The van der Waals surface area contributed by atoms with Gasteiger partial charge in [0.15, 0.2) is 5.58 Å². The average Bonchev–Trinajstić information content (AvgIpc) is 3.48. The van der Waals surface area contributed by atoms with Crippen LogP contribution >= 0.6 is 0 Å². The quantitative estimate of drug-likeness (QED) is 0.447. The van der Waals surface area contributed by atoms with E-state index in [0.717, 1.165) is 34.9 Å². The third-order valence-electron chi connectivity index (χ3n) is 8.12. The lowest BCUT2D eigenvalue weighted by Crippen LogP contribution is -2.42. The molecule has 9 nitrogen and oxygen atoms in total. The number of aromatic nitrogens is 2. The Morgan fingerprint density at radius 2 is 1.92 bits per heavy atom. The van der Waals surface area contributed by atoms with Crippen molar-refractivity contribution in [2.24, 2.45) is 7.05 Å². The standard InChI is InChI=1S/C29H29N5O4/c1-17-4-7-24-22(12-17)31-28(38-24)29(2)8-10-33(11-9-29)26-20-13-18(34-16-19(35)14-25(34)36)5-6-23(20)32(3)27(37)21(26)15-30/h4-7,12-13,19,35H,8-11,14,16H2,1-3H3/t19-/m1/s1. The van der Waals surface area contributed by atoms with Crippen LogP contribution in [0.1, 0.15) is 43.2 Å². The van der Waals surface area contributed by atoms with Crippen LogP contribution in [0.25, 0.3) is 22.0 Å². The minimum Gasteiger partial charge on any atom is -0.440 e. The fraction of sp³-hybridized carbons (Fsp3) is 0.379. The number of oxazole rings is 1. The Morgan fingerprint density at radius 3 is 2.61 bits per heavy atom. The first-order valence-corrected chi connectivity index (χ1v) is 12.9. The number of benzene rings is 2. The Balaban J connectivity index is 1.39. The van der Waals surface area contributed by atoms with E-state index in [4.69, 9.17) is 9.40 Å². The van der Waals surface area contributed by atoms with Crippen molar-refractivity contribution in [3.63, 3.8) is 0 Å². The number of rotatable bonds is 3. The van der Waals surface area contributed by atoms with Gasteiger partial charge in [0.05, 0.1) is 30.3 Å². The molecule has 0 unspecified atom stereocenters. The van der Waals surface area contributed by atoms with Gasteiger partial charge in [-0.25, -0.2) is 4.98 Å². The Morgan fingerprint density at radius 1 is 1.16 bits per heavy atom. The fourth-order valence-corrected chi connectivity index (χ4v) is 5.79. The van der Waals surface area contributed by atoms with Crippen molar-refractivity contribution in [3.05, 3.63) is 63.8 Å². The number of carbonyl (C=O) groups is 1. The number of hydrogen-bond donors (Lipinski definition) is 1. The molecule has 2 aliphatic heterocycles. The number of nitrogens with zero attached hydrogens (tertiary/aromatic N) is 5. The summed E-state index contributed by atoms with van der Waals surface area (Å²) in [5.41, 5.74) is 4.13. The van der Waals surface area contributed by atoms with Gasteiger partial charge in [0.2, 0.25) is 11.8 Å². The molecule has 2 aromatic carbocycles. The number of fused-ring (bicyclic) bond motifs is 2. The summed E-state index contributed by atoms with van der Waals surface area (Å²) >= 11 is 0. The molecule has 2 aliphatic rings. The van der Waals surface area contributed by atoms with Crippen molar-refractivity contribution in [1.82, 2.24) is 9.55 Å². The van der Waals surface area contributed by atoms with E-state index in [1.807, 2.05) is 37.3 Å². The van der Waals surface area contributed by atoms with Gasteiger partial charge in [-0.2, -0.15) is 5.26 Å². The van der Waals surface area contributed by atoms with E-state index in [1.165, 1.54) is 4.57 Å². The molecule has 9 heteroatoms. The highest BCUT2D eigenvalue weighted by molar-refractivity contribution is 6.01. The molecule has 0 spiro atoms. The molecule has 194 valence electrons. The molecule has 0 bridgehead atoms. The third-order valence-corrected chi connectivity index (χ3v) is 8.12. The second kappa shape index (κ2) is 8.71. The maximum Gasteiger partial charge on any atom is 0.270 e. The van der Waals surface area contributed by atoms with Gasteiger partial charge in [0, 0.05) is 36.6 Å². The molecule has 2 fully saturated rings. The van der Waals surface area contributed by atoms with Crippen LogP contribution in [-0.2, 0) is 17.3 Å².